The van der Waals surface area contributed by atoms with Crippen molar-refractivity contribution in [2.24, 2.45) is 5.92 Å². The Balaban J connectivity index is 1.80. The molecule has 1 N–H and O–H groups in total. The van der Waals surface area contributed by atoms with Gasteiger partial charge in [-0.1, -0.05) is 50.2 Å². The van der Waals surface area contributed by atoms with Crippen molar-refractivity contribution in [3.05, 3.63) is 65.2 Å². The summed E-state index contributed by atoms with van der Waals surface area (Å²) >= 11 is 0. The van der Waals surface area contributed by atoms with Crippen LogP contribution in [0.1, 0.15) is 50.3 Å². The topological polar surface area (TPSA) is 99.6 Å². The molecule has 1 atom stereocenters. The van der Waals surface area contributed by atoms with E-state index in [0.717, 1.165) is 17.7 Å². The van der Waals surface area contributed by atoms with Crippen LogP contribution in [0.2, 0.25) is 0 Å². The second-order valence-electron chi connectivity index (χ2n) is 10.5. The molecule has 0 aromatic heterocycles. The van der Waals surface area contributed by atoms with E-state index in [0.29, 0.717) is 50.5 Å². The van der Waals surface area contributed by atoms with Gasteiger partial charge in [-0.3, -0.25) is 14.5 Å². The Morgan fingerprint density at radius 3 is 2.24 bits per heavy atom. The van der Waals surface area contributed by atoms with Crippen molar-refractivity contribution in [2.45, 2.75) is 59.2 Å². The number of halogens is 3. The summed E-state index contributed by atoms with van der Waals surface area (Å²) in [7, 11) is 0. The first kappa shape index (κ1) is 32.7. The molecule has 1 heterocycles. The molecule has 1 aliphatic rings. The van der Waals surface area contributed by atoms with Crippen LogP contribution in [0.4, 0.5) is 23.7 Å². The summed E-state index contributed by atoms with van der Waals surface area (Å²) in [5, 5.41) is 9.25. The number of piperazine rings is 1. The number of ether oxygens (including phenoxy) is 2. The highest BCUT2D eigenvalue weighted by Crippen LogP contribution is 2.35. The van der Waals surface area contributed by atoms with Crippen LogP contribution in [0.5, 0.6) is 0 Å². The van der Waals surface area contributed by atoms with E-state index >= 15 is 0 Å². The number of hydrogen-bond donors (Lipinski definition) is 1. The average molecular weight is 594 g/mol. The normalized spacial score (nSPS) is 14.9. The molecule has 0 aliphatic carbocycles. The highest BCUT2D eigenvalue weighted by atomic mass is 19.4. The minimum Gasteiger partial charge on any atom is -0.465 e. The lowest BCUT2D eigenvalue weighted by molar-refractivity contribution is -0.186. The van der Waals surface area contributed by atoms with E-state index in [9.17, 15) is 32.7 Å². The average Bonchev–Trinajstić information content (AvgIpc) is 2.93. The second-order valence-corrected chi connectivity index (χ2v) is 10.5. The summed E-state index contributed by atoms with van der Waals surface area (Å²) in [6.45, 7) is 7.21. The smallest absolute Gasteiger partial charge is 0.416 e. The number of carboxylic acid groups (broad SMARTS) is 1. The van der Waals surface area contributed by atoms with Gasteiger partial charge < -0.3 is 24.4 Å². The van der Waals surface area contributed by atoms with Crippen molar-refractivity contribution >= 4 is 23.7 Å². The third-order valence-corrected chi connectivity index (χ3v) is 6.87. The molecule has 1 fully saturated rings. The van der Waals surface area contributed by atoms with Crippen LogP contribution >= 0.6 is 0 Å². The van der Waals surface area contributed by atoms with Gasteiger partial charge in [-0.2, -0.15) is 13.2 Å². The van der Waals surface area contributed by atoms with Crippen LogP contribution in [-0.4, -0.2) is 72.0 Å². The van der Waals surface area contributed by atoms with E-state index in [4.69, 9.17) is 9.47 Å². The predicted molar refractivity (Wildman–Crippen MR) is 150 cm³/mol. The lowest BCUT2D eigenvalue weighted by atomic mass is 10.0. The van der Waals surface area contributed by atoms with E-state index in [1.165, 1.54) is 17.9 Å². The molecule has 2 aromatic rings. The number of esters is 2. The molecule has 0 bridgehead atoms. The fraction of sp³-hybridized carbons (Fsp3) is 0.500. The van der Waals surface area contributed by atoms with Gasteiger partial charge >= 0.3 is 24.2 Å². The summed E-state index contributed by atoms with van der Waals surface area (Å²) in [6, 6.07) is 13.0. The predicted octanol–water partition coefficient (Wildman–Crippen LogP) is 5.38. The summed E-state index contributed by atoms with van der Waals surface area (Å²) < 4.78 is 51.7. The van der Waals surface area contributed by atoms with Crippen molar-refractivity contribution in [3.63, 3.8) is 0 Å². The molecule has 12 heteroatoms. The zero-order valence-electron chi connectivity index (χ0n) is 24.1. The van der Waals surface area contributed by atoms with Crippen LogP contribution in [0.25, 0.3) is 0 Å². The Kier molecular flexibility index (Phi) is 11.6. The minimum atomic E-state index is -4.55. The second kappa shape index (κ2) is 14.9. The maximum absolute atomic E-state index is 13.8. The summed E-state index contributed by atoms with van der Waals surface area (Å²) in [5.74, 6) is -1.45. The summed E-state index contributed by atoms with van der Waals surface area (Å²) in [5.41, 5.74) is 1.16. The molecule has 1 aliphatic heterocycles. The summed E-state index contributed by atoms with van der Waals surface area (Å²) in [4.78, 5) is 40.6. The molecule has 1 unspecified atom stereocenters. The van der Waals surface area contributed by atoms with E-state index in [1.807, 2.05) is 40.1 Å². The molecule has 0 saturated carbocycles. The first-order chi connectivity index (χ1) is 19.8. The number of carbonyl (C=O) groups excluding carboxylic acids is 2. The van der Waals surface area contributed by atoms with Crippen molar-refractivity contribution in [3.8, 4) is 0 Å². The SMILES string of the molecule is CC(OC(=O)CCCN(Cc1ccccc1)c1cc(C(F)(F)F)ccc1CN1CCN(C(=O)O)CC1)OC(=O)C(C)C. The zero-order valence-corrected chi connectivity index (χ0v) is 24.1. The van der Waals surface area contributed by atoms with Gasteiger partial charge in [-0.05, 0) is 29.7 Å². The molecule has 3 rings (SSSR count). The maximum Gasteiger partial charge on any atom is 0.416 e. The molecular weight excluding hydrogens is 555 g/mol. The molecule has 0 spiro atoms. The molecular formula is C30H38F3N3O6. The van der Waals surface area contributed by atoms with Crippen molar-refractivity contribution in [1.82, 2.24) is 9.80 Å². The van der Waals surface area contributed by atoms with Crippen LogP contribution < -0.4 is 4.90 Å². The molecule has 9 nitrogen and oxygen atoms in total. The van der Waals surface area contributed by atoms with Gasteiger partial charge in [0.1, 0.15) is 0 Å². The number of hydrogen-bond acceptors (Lipinski definition) is 7. The number of rotatable bonds is 12. The maximum atomic E-state index is 13.8. The fourth-order valence-electron chi connectivity index (χ4n) is 4.58. The van der Waals surface area contributed by atoms with Gasteiger partial charge in [0, 0.05) is 64.8 Å². The van der Waals surface area contributed by atoms with Crippen molar-refractivity contribution in [2.75, 3.05) is 37.6 Å². The summed E-state index contributed by atoms with van der Waals surface area (Å²) in [6.07, 6.45) is -6.34. The van der Waals surface area contributed by atoms with Gasteiger partial charge in [0.05, 0.1) is 11.5 Å². The first-order valence-corrected chi connectivity index (χ1v) is 13.9. The van der Waals surface area contributed by atoms with Gasteiger partial charge in [-0.25, -0.2) is 4.79 Å². The molecule has 230 valence electrons. The van der Waals surface area contributed by atoms with E-state index < -0.39 is 36.1 Å². The van der Waals surface area contributed by atoms with E-state index in [2.05, 4.69) is 0 Å². The monoisotopic (exact) mass is 593 g/mol. The van der Waals surface area contributed by atoms with E-state index in [-0.39, 0.29) is 25.3 Å². The van der Waals surface area contributed by atoms with Gasteiger partial charge in [0.25, 0.3) is 0 Å². The molecule has 42 heavy (non-hydrogen) atoms. The standard InChI is InChI=1S/C30H38F3N3O6/c1-21(2)28(38)42-22(3)41-27(37)10-7-13-36(19-23-8-5-4-6-9-23)26-18-25(30(31,32)33)12-11-24(26)20-34-14-16-35(17-15-34)29(39)40/h4-6,8-9,11-12,18,21-22H,7,10,13-17,19-20H2,1-3H3,(H,39,40). The van der Waals surface area contributed by atoms with Crippen LogP contribution in [0.3, 0.4) is 0 Å². The Bertz CT molecular complexity index is 1200. The third-order valence-electron chi connectivity index (χ3n) is 6.87. The fourth-order valence-corrected chi connectivity index (χ4v) is 4.58. The molecule has 1 amide bonds. The first-order valence-electron chi connectivity index (χ1n) is 13.9. The highest BCUT2D eigenvalue weighted by molar-refractivity contribution is 5.72. The lowest BCUT2D eigenvalue weighted by Gasteiger charge is -2.35. The van der Waals surface area contributed by atoms with Crippen LogP contribution in [0.15, 0.2) is 48.5 Å². The van der Waals surface area contributed by atoms with Crippen LogP contribution in [0, 0.1) is 5.92 Å². The number of benzene rings is 2. The molecule has 2 aromatic carbocycles. The molecule has 0 radical (unpaired) electrons. The number of amides is 1. The van der Waals surface area contributed by atoms with Gasteiger partial charge in [0.2, 0.25) is 6.29 Å². The quantitative estimate of drug-likeness (QED) is 0.259. The van der Waals surface area contributed by atoms with Crippen LogP contribution in [-0.2, 0) is 38.3 Å². The Morgan fingerprint density at radius 1 is 0.976 bits per heavy atom. The highest BCUT2D eigenvalue weighted by Gasteiger charge is 2.32. The largest absolute Gasteiger partial charge is 0.465 e. The number of anilines is 1. The molecule has 1 saturated heterocycles. The minimum absolute atomic E-state index is 0.0275. The zero-order chi connectivity index (χ0) is 30.9. The van der Waals surface area contributed by atoms with Gasteiger partial charge in [0.15, 0.2) is 0 Å². The number of nitrogens with zero attached hydrogens (tertiary/aromatic N) is 3. The van der Waals surface area contributed by atoms with E-state index in [1.54, 1.807) is 13.8 Å². The van der Waals surface area contributed by atoms with Crippen molar-refractivity contribution < 1.29 is 42.1 Å². The van der Waals surface area contributed by atoms with Gasteiger partial charge in [-0.15, -0.1) is 0 Å². The Labute approximate surface area is 243 Å². The number of carbonyl (C=O) groups is 3. The third kappa shape index (κ3) is 9.93. The Hall–Kier alpha value is -3.80. The lowest BCUT2D eigenvalue weighted by Crippen LogP contribution is -2.47. The Morgan fingerprint density at radius 2 is 1.64 bits per heavy atom. The van der Waals surface area contributed by atoms with Crippen molar-refractivity contribution in [1.29, 1.82) is 0 Å². The number of alkyl halides is 3.